The van der Waals surface area contributed by atoms with Crippen molar-refractivity contribution in [3.8, 4) is 0 Å². The molecule has 1 aliphatic rings. The van der Waals surface area contributed by atoms with Crippen LogP contribution in [0.2, 0.25) is 0 Å². The van der Waals surface area contributed by atoms with Crippen LogP contribution in [0.25, 0.3) is 11.0 Å². The first kappa shape index (κ1) is 24.7. The summed E-state index contributed by atoms with van der Waals surface area (Å²) >= 11 is 0. The van der Waals surface area contributed by atoms with Crippen LogP contribution in [-0.4, -0.2) is 57.5 Å². The Kier molecular flexibility index (Phi) is 7.60. The minimum Gasteiger partial charge on any atom is -0.467 e. The lowest BCUT2D eigenvalue weighted by molar-refractivity contribution is -0.142. The summed E-state index contributed by atoms with van der Waals surface area (Å²) in [4.78, 5) is 29.0. The molecule has 0 saturated carbocycles. The lowest BCUT2D eigenvalue weighted by Gasteiger charge is -2.30. The van der Waals surface area contributed by atoms with Gasteiger partial charge in [0.25, 0.3) is 5.91 Å². The van der Waals surface area contributed by atoms with Crippen LogP contribution < -0.4 is 5.32 Å². The molecule has 1 saturated heterocycles. The molecule has 4 aromatic rings. The van der Waals surface area contributed by atoms with Crippen LogP contribution in [0.5, 0.6) is 0 Å². The fraction of sp³-hybridized carbons (Fsp3) is 0.357. The van der Waals surface area contributed by atoms with Gasteiger partial charge in [-0.2, -0.15) is 0 Å². The predicted molar refractivity (Wildman–Crippen MR) is 138 cm³/mol. The van der Waals surface area contributed by atoms with Crippen LogP contribution in [0, 0.1) is 6.92 Å². The molecule has 5 rings (SSSR count). The second-order valence-corrected chi connectivity index (χ2v) is 9.36. The van der Waals surface area contributed by atoms with Gasteiger partial charge in [0.1, 0.15) is 17.8 Å². The summed E-state index contributed by atoms with van der Waals surface area (Å²) in [6, 6.07) is 18.2. The van der Waals surface area contributed by atoms with E-state index < -0.39 is 6.04 Å². The van der Waals surface area contributed by atoms with Crippen LogP contribution in [0.4, 0.5) is 0 Å². The third-order valence-electron chi connectivity index (χ3n) is 6.65. The smallest absolute Gasteiger partial charge is 0.250 e. The molecule has 0 radical (unpaired) electrons. The topological polar surface area (TPSA) is 102 Å². The summed E-state index contributed by atoms with van der Waals surface area (Å²) in [7, 11) is 0. The van der Waals surface area contributed by atoms with E-state index in [9.17, 15) is 9.59 Å². The van der Waals surface area contributed by atoms with Crippen molar-refractivity contribution in [2.24, 2.45) is 0 Å². The highest BCUT2D eigenvalue weighted by atomic mass is 16.5. The van der Waals surface area contributed by atoms with Crippen molar-refractivity contribution in [3.63, 3.8) is 0 Å². The fourth-order valence-corrected chi connectivity index (χ4v) is 4.76. The lowest BCUT2D eigenvalue weighted by Crippen LogP contribution is -2.47. The van der Waals surface area contributed by atoms with E-state index >= 15 is 0 Å². The van der Waals surface area contributed by atoms with E-state index in [0.29, 0.717) is 37.4 Å². The lowest BCUT2D eigenvalue weighted by atomic mass is 10.1. The van der Waals surface area contributed by atoms with Gasteiger partial charge in [0.05, 0.1) is 17.9 Å². The molecule has 2 amide bonds. The summed E-state index contributed by atoms with van der Waals surface area (Å²) in [5, 5.41) is 11.3. The SMILES string of the molecule is Cc1cccc(CCN(C(=O)Cn2nnc3ccccc32)[C@@H](C(=O)NC[C@H]2CCCO2)c2ccco2)c1. The Balaban J connectivity index is 1.42. The summed E-state index contributed by atoms with van der Waals surface area (Å²) in [6.07, 6.45) is 3.97. The molecule has 1 aliphatic heterocycles. The van der Waals surface area contributed by atoms with Gasteiger partial charge in [0.2, 0.25) is 5.91 Å². The van der Waals surface area contributed by atoms with E-state index in [1.54, 1.807) is 21.7 Å². The Morgan fingerprint density at radius 3 is 2.84 bits per heavy atom. The number of benzene rings is 2. The third-order valence-corrected chi connectivity index (χ3v) is 6.65. The fourth-order valence-electron chi connectivity index (χ4n) is 4.76. The van der Waals surface area contributed by atoms with E-state index in [0.717, 1.165) is 29.5 Å². The van der Waals surface area contributed by atoms with Crippen LogP contribution in [0.15, 0.2) is 71.3 Å². The average molecular weight is 502 g/mol. The van der Waals surface area contributed by atoms with Gasteiger partial charge in [-0.15, -0.1) is 5.10 Å². The molecule has 3 heterocycles. The Morgan fingerprint density at radius 1 is 1.16 bits per heavy atom. The summed E-state index contributed by atoms with van der Waals surface area (Å²) < 4.78 is 12.9. The first-order chi connectivity index (χ1) is 18.1. The van der Waals surface area contributed by atoms with Crippen LogP contribution >= 0.6 is 0 Å². The number of hydrogen-bond acceptors (Lipinski definition) is 6. The maximum atomic E-state index is 13.8. The quantitative estimate of drug-likeness (QED) is 0.357. The van der Waals surface area contributed by atoms with Gasteiger partial charge in [-0.3, -0.25) is 9.59 Å². The molecular weight excluding hydrogens is 470 g/mol. The Labute approximate surface area is 215 Å². The number of hydrogen-bond donors (Lipinski definition) is 1. The van der Waals surface area contributed by atoms with Gasteiger partial charge in [0, 0.05) is 19.7 Å². The highest BCUT2D eigenvalue weighted by molar-refractivity contribution is 5.88. The van der Waals surface area contributed by atoms with E-state index in [1.165, 1.54) is 6.26 Å². The number of rotatable bonds is 10. The minimum atomic E-state index is -0.927. The molecule has 9 heteroatoms. The number of aromatic nitrogens is 3. The van der Waals surface area contributed by atoms with Crippen molar-refractivity contribution in [1.29, 1.82) is 0 Å². The van der Waals surface area contributed by atoms with Gasteiger partial charge in [-0.25, -0.2) is 4.68 Å². The summed E-state index contributed by atoms with van der Waals surface area (Å²) in [6.45, 7) is 3.41. The second kappa shape index (κ2) is 11.4. The zero-order valence-electron chi connectivity index (χ0n) is 20.9. The highest BCUT2D eigenvalue weighted by Crippen LogP contribution is 2.24. The zero-order chi connectivity index (χ0) is 25.6. The van der Waals surface area contributed by atoms with Gasteiger partial charge in [-0.1, -0.05) is 47.2 Å². The first-order valence-electron chi connectivity index (χ1n) is 12.6. The monoisotopic (exact) mass is 501 g/mol. The van der Waals surface area contributed by atoms with Gasteiger partial charge >= 0.3 is 0 Å². The molecule has 1 fully saturated rings. The van der Waals surface area contributed by atoms with Crippen molar-refractivity contribution in [2.75, 3.05) is 19.7 Å². The Morgan fingerprint density at radius 2 is 2.05 bits per heavy atom. The molecular formula is C28H31N5O4. The number of amides is 2. The minimum absolute atomic E-state index is 0.0147. The predicted octanol–water partition coefficient (Wildman–Crippen LogP) is 3.44. The molecule has 192 valence electrons. The largest absolute Gasteiger partial charge is 0.467 e. The summed E-state index contributed by atoms with van der Waals surface area (Å²) in [5.41, 5.74) is 3.69. The molecule has 0 spiro atoms. The number of aryl methyl sites for hydroxylation is 1. The Hall–Kier alpha value is -3.98. The second-order valence-electron chi connectivity index (χ2n) is 9.36. The van der Waals surface area contributed by atoms with Gasteiger partial charge in [-0.05, 0) is 56.0 Å². The Bertz CT molecular complexity index is 1340. The molecule has 1 N–H and O–H groups in total. The molecule has 9 nitrogen and oxygen atoms in total. The molecule has 0 unspecified atom stereocenters. The normalized spacial score (nSPS) is 16.1. The summed E-state index contributed by atoms with van der Waals surface area (Å²) in [5.74, 6) is -0.144. The van der Waals surface area contributed by atoms with Crippen molar-refractivity contribution in [1.82, 2.24) is 25.2 Å². The van der Waals surface area contributed by atoms with Crippen LogP contribution in [-0.2, 0) is 27.3 Å². The maximum absolute atomic E-state index is 13.8. The zero-order valence-corrected chi connectivity index (χ0v) is 20.9. The molecule has 37 heavy (non-hydrogen) atoms. The van der Waals surface area contributed by atoms with Gasteiger partial charge in [0.15, 0.2) is 6.04 Å². The third kappa shape index (κ3) is 5.89. The van der Waals surface area contributed by atoms with Crippen molar-refractivity contribution in [2.45, 2.75) is 44.9 Å². The number of nitrogens with one attached hydrogen (secondary N) is 1. The molecule has 0 bridgehead atoms. The molecule has 0 aliphatic carbocycles. The van der Waals surface area contributed by atoms with Crippen LogP contribution in [0.1, 0.15) is 35.8 Å². The number of nitrogens with zero attached hydrogens (tertiary/aromatic N) is 4. The van der Waals surface area contributed by atoms with E-state index in [2.05, 4.69) is 21.7 Å². The van der Waals surface area contributed by atoms with Crippen LogP contribution in [0.3, 0.4) is 0 Å². The van der Waals surface area contributed by atoms with Crippen molar-refractivity contribution in [3.05, 3.63) is 83.8 Å². The number of carbonyl (C=O) groups excluding carboxylic acids is 2. The number of fused-ring (bicyclic) bond motifs is 1. The average Bonchev–Trinajstić information content (AvgIpc) is 3.68. The molecule has 2 atom stereocenters. The number of ether oxygens (including phenoxy) is 1. The standard InChI is InChI=1S/C28H31N5O4/c1-20-7-4-8-21(17-20)13-14-32(26(34)19-33-24-11-3-2-10-23(24)30-31-33)27(25-12-6-16-37-25)28(35)29-18-22-9-5-15-36-22/h2-4,6-8,10-12,16-17,22,27H,5,9,13-15,18-19H2,1H3,(H,29,35)/t22-,27-/m1/s1. The number of furan rings is 1. The van der Waals surface area contributed by atoms with E-state index in [1.807, 2.05) is 49.4 Å². The first-order valence-corrected chi connectivity index (χ1v) is 12.6. The van der Waals surface area contributed by atoms with Gasteiger partial charge < -0.3 is 19.4 Å². The molecule has 2 aromatic carbocycles. The maximum Gasteiger partial charge on any atom is 0.250 e. The van der Waals surface area contributed by atoms with E-state index in [4.69, 9.17) is 9.15 Å². The van der Waals surface area contributed by atoms with E-state index in [-0.39, 0.29) is 24.5 Å². The number of carbonyl (C=O) groups is 2. The van der Waals surface area contributed by atoms with Crippen molar-refractivity contribution < 1.29 is 18.7 Å². The number of para-hydroxylation sites is 1. The highest BCUT2D eigenvalue weighted by Gasteiger charge is 2.34. The molecule has 2 aromatic heterocycles. The van der Waals surface area contributed by atoms with Crippen molar-refractivity contribution >= 4 is 22.8 Å².